The maximum Gasteiger partial charge on any atom is 0.163 e. The number of pyridine rings is 6. The third-order valence-corrected chi connectivity index (χ3v) is 15.7. The van der Waals surface area contributed by atoms with Crippen molar-refractivity contribution in [2.75, 3.05) is 7.05 Å². The zero-order valence-electron chi connectivity index (χ0n) is 51.3. The van der Waals surface area contributed by atoms with Crippen molar-refractivity contribution in [3.05, 3.63) is 303 Å². The number of allylic oxidation sites excluding steroid dienone is 2. The van der Waals surface area contributed by atoms with Crippen molar-refractivity contribution in [3.63, 3.8) is 0 Å². The molecule has 0 fully saturated rings. The Bertz CT molecular complexity index is 5140. The lowest BCUT2D eigenvalue weighted by Crippen LogP contribution is -2.13. The van der Waals surface area contributed by atoms with Gasteiger partial charge >= 0.3 is 0 Å². The molecule has 13 nitrogen and oxygen atoms in total. The number of nitrogens with two attached hydrogens (primary N) is 1. The SMILES string of the molecule is C=CC=NC.CC.NC(=N/C(=C(\Cc1ccncc1)c1ccc2oc3c(-c4cc(-c5ccccc5)nc5c4oc4ccc(-c6c(-c7ccncc7)nc(-c7ccccc7)nc6-c6ccncc6)cc45)nc(-c4ccccc4)cc3c2c1)c1ccncc1)c1ccccc1. The molecule has 0 bridgehead atoms. The number of benzene rings is 6. The molecule has 0 radical (unpaired) electrons. The molecule has 9 heterocycles. The highest BCUT2D eigenvalue weighted by Crippen LogP contribution is 2.46. The minimum absolute atomic E-state index is 0.388. The fourth-order valence-corrected chi connectivity index (χ4v) is 11.4. The van der Waals surface area contributed by atoms with E-state index in [9.17, 15) is 0 Å². The van der Waals surface area contributed by atoms with E-state index in [0.717, 1.165) is 106 Å². The maximum absolute atomic E-state index is 7.12. The highest BCUT2D eigenvalue weighted by Gasteiger charge is 2.27. The summed E-state index contributed by atoms with van der Waals surface area (Å²) in [6, 6.07) is 72.9. The van der Waals surface area contributed by atoms with E-state index in [1.54, 1.807) is 56.5 Å². The third kappa shape index (κ3) is 12.5. The van der Waals surface area contributed by atoms with Crippen LogP contribution in [0.5, 0.6) is 0 Å². The predicted octanol–water partition coefficient (Wildman–Crippen LogP) is 18.7. The van der Waals surface area contributed by atoms with Crippen LogP contribution in [-0.2, 0) is 6.42 Å². The van der Waals surface area contributed by atoms with Gasteiger partial charge in [0, 0.05) is 130 Å². The van der Waals surface area contributed by atoms with Crippen LogP contribution in [0, 0.1) is 0 Å². The lowest BCUT2D eigenvalue weighted by molar-refractivity contribution is 0.663. The van der Waals surface area contributed by atoms with E-state index < -0.39 is 0 Å². The molecule has 0 aliphatic carbocycles. The van der Waals surface area contributed by atoms with Crippen molar-refractivity contribution in [1.82, 2.24) is 39.9 Å². The predicted molar refractivity (Wildman–Crippen MR) is 378 cm³/mol. The van der Waals surface area contributed by atoms with Crippen molar-refractivity contribution >= 4 is 67.3 Å². The molecule has 0 amide bonds. The Balaban J connectivity index is 0.00000108. The van der Waals surface area contributed by atoms with Gasteiger partial charge in [-0.3, -0.25) is 24.9 Å². The Kier molecular flexibility index (Phi) is 17.6. The summed E-state index contributed by atoms with van der Waals surface area (Å²) in [6.45, 7) is 7.40. The van der Waals surface area contributed by atoms with Crippen LogP contribution < -0.4 is 5.73 Å². The average molecular weight is 1210 g/mol. The van der Waals surface area contributed by atoms with Gasteiger partial charge in [0.1, 0.15) is 28.2 Å². The van der Waals surface area contributed by atoms with Gasteiger partial charge in [-0.25, -0.2) is 24.9 Å². The monoisotopic (exact) mass is 1210 g/mol. The molecule has 0 saturated heterocycles. The first-order chi connectivity index (χ1) is 46.0. The fraction of sp³-hybridized carbons (Fsp3) is 0.0500. The zero-order valence-corrected chi connectivity index (χ0v) is 51.3. The van der Waals surface area contributed by atoms with Crippen LogP contribution in [-0.4, -0.2) is 59.0 Å². The lowest BCUT2D eigenvalue weighted by atomic mass is 9.93. The summed E-state index contributed by atoms with van der Waals surface area (Å²) < 4.78 is 14.2. The lowest BCUT2D eigenvalue weighted by Gasteiger charge is -2.17. The number of fused-ring (bicyclic) bond motifs is 6. The van der Waals surface area contributed by atoms with Gasteiger partial charge in [-0.05, 0) is 107 Å². The quantitative estimate of drug-likeness (QED) is 0.0808. The van der Waals surface area contributed by atoms with Gasteiger partial charge in [-0.15, -0.1) is 0 Å². The van der Waals surface area contributed by atoms with Gasteiger partial charge < -0.3 is 14.6 Å². The topological polar surface area (TPSA) is 180 Å². The van der Waals surface area contributed by atoms with Gasteiger partial charge in [0.25, 0.3) is 0 Å². The van der Waals surface area contributed by atoms with Crippen LogP contribution >= 0.6 is 0 Å². The molecule has 13 heteroatoms. The van der Waals surface area contributed by atoms with E-state index in [2.05, 4.69) is 92.2 Å². The normalized spacial score (nSPS) is 11.7. The second kappa shape index (κ2) is 27.5. The van der Waals surface area contributed by atoms with E-state index in [-0.39, 0.29) is 0 Å². The van der Waals surface area contributed by atoms with Crippen molar-refractivity contribution in [1.29, 1.82) is 0 Å². The van der Waals surface area contributed by atoms with Gasteiger partial charge in [-0.1, -0.05) is 160 Å². The molecule has 448 valence electrons. The van der Waals surface area contributed by atoms with Crippen molar-refractivity contribution in [2.24, 2.45) is 15.7 Å². The molecule has 9 aromatic heterocycles. The highest BCUT2D eigenvalue weighted by atomic mass is 16.3. The molecule has 15 rings (SSSR count). The van der Waals surface area contributed by atoms with Crippen LogP contribution in [0.4, 0.5) is 0 Å². The summed E-state index contributed by atoms with van der Waals surface area (Å²) in [4.78, 5) is 48.1. The maximum atomic E-state index is 7.12. The van der Waals surface area contributed by atoms with Crippen LogP contribution in [0.1, 0.15) is 36.1 Å². The third-order valence-electron chi connectivity index (χ3n) is 15.7. The summed E-state index contributed by atoms with van der Waals surface area (Å²) in [5.41, 5.74) is 25.8. The molecule has 0 aliphatic rings. The molecule has 0 atom stereocenters. The van der Waals surface area contributed by atoms with Crippen LogP contribution in [0.25, 0.3) is 134 Å². The van der Waals surface area contributed by atoms with Gasteiger partial charge in [0.2, 0.25) is 0 Å². The molecule has 6 aromatic carbocycles. The first kappa shape index (κ1) is 59.5. The van der Waals surface area contributed by atoms with Crippen molar-refractivity contribution < 1.29 is 8.83 Å². The second-order valence-corrected chi connectivity index (χ2v) is 21.4. The summed E-state index contributed by atoms with van der Waals surface area (Å²) >= 11 is 0. The van der Waals surface area contributed by atoms with E-state index in [4.69, 9.17) is 39.5 Å². The molecule has 2 N–H and O–H groups in total. The average Bonchev–Trinajstić information content (AvgIpc) is 1.79. The number of hydrogen-bond acceptors (Lipinski definition) is 12. The Morgan fingerprint density at radius 1 is 0.452 bits per heavy atom. The number of hydrogen-bond donors (Lipinski definition) is 1. The smallest absolute Gasteiger partial charge is 0.163 e. The summed E-state index contributed by atoms with van der Waals surface area (Å²) in [5.74, 6) is 0.980. The van der Waals surface area contributed by atoms with Crippen LogP contribution in [0.15, 0.2) is 299 Å². The van der Waals surface area contributed by atoms with Gasteiger partial charge in [-0.2, -0.15) is 0 Å². The van der Waals surface area contributed by atoms with Gasteiger partial charge in [0.15, 0.2) is 17.0 Å². The molecule has 0 spiro atoms. The largest absolute Gasteiger partial charge is 0.454 e. The molecule has 93 heavy (non-hydrogen) atoms. The van der Waals surface area contributed by atoms with Crippen molar-refractivity contribution in [2.45, 2.75) is 20.3 Å². The molecular formula is C80H61N11O2. The molecular weight excluding hydrogens is 1150 g/mol. The Hall–Kier alpha value is -12.5. The molecule has 0 aliphatic heterocycles. The van der Waals surface area contributed by atoms with E-state index >= 15 is 0 Å². The summed E-state index contributed by atoms with van der Waals surface area (Å²) in [6.07, 6.45) is 18.1. The number of rotatable bonds is 14. The molecule has 15 aromatic rings. The molecule has 0 unspecified atom stereocenters. The molecule has 0 saturated carbocycles. The van der Waals surface area contributed by atoms with Crippen LogP contribution in [0.3, 0.4) is 0 Å². The van der Waals surface area contributed by atoms with Crippen molar-refractivity contribution in [3.8, 4) is 78.8 Å². The number of nitrogens with zero attached hydrogens (tertiary/aromatic N) is 10. The minimum atomic E-state index is 0.388. The van der Waals surface area contributed by atoms with Crippen LogP contribution in [0.2, 0.25) is 0 Å². The Labute approximate surface area is 537 Å². The van der Waals surface area contributed by atoms with E-state index in [1.165, 1.54) is 0 Å². The van der Waals surface area contributed by atoms with E-state index in [1.807, 2.05) is 184 Å². The van der Waals surface area contributed by atoms with E-state index in [0.29, 0.717) is 62.9 Å². The first-order valence-electron chi connectivity index (χ1n) is 30.6. The Morgan fingerprint density at radius 2 is 0.978 bits per heavy atom. The number of aromatic nitrogens is 8. The number of furan rings is 2. The summed E-state index contributed by atoms with van der Waals surface area (Å²) in [7, 11) is 1.71. The highest BCUT2D eigenvalue weighted by molar-refractivity contribution is 6.16. The van der Waals surface area contributed by atoms with Gasteiger partial charge in [0.05, 0.1) is 34.0 Å². The number of aliphatic imine (C=N–C) groups is 2. The summed E-state index contributed by atoms with van der Waals surface area (Å²) in [5, 5.41) is 2.55. The number of amidine groups is 1. The Morgan fingerprint density at radius 3 is 1.56 bits per heavy atom. The first-order valence-corrected chi connectivity index (χ1v) is 30.6. The zero-order chi connectivity index (χ0) is 63.5. The minimum Gasteiger partial charge on any atom is -0.454 e. The fourth-order valence-electron chi connectivity index (χ4n) is 11.4. The second-order valence-electron chi connectivity index (χ2n) is 21.4. The standard InChI is InChI=1S/C74H48N10O2.C4H7N.C2H6/c75-73(52-17-9-3-10-18-52)82-66(49-27-35-77-36-28-49)56(41-46-25-33-76-34-26-46)54-21-23-63-57(42-54)58-44-61(47-13-5-1-6-14-47)81-70(71(58)85-63)60-45-62(48-15-7-2-8-16-48)80-69-59-43-55(22-24-64(59)86-72(60)69)65-67(50-29-37-78-38-30-50)83-74(53-19-11-4-12-20-53)84-68(65)51-31-39-79-40-32-51;1-3-4-5-2;1-2/h1-40,42-45H,41H2,(H2,75,82);3-4H,1H2,2H3;1-2H3/b66-56+;;.